The van der Waals surface area contributed by atoms with Crippen molar-refractivity contribution in [1.82, 2.24) is 9.19 Å². The zero-order valence-electron chi connectivity index (χ0n) is 12.5. The molecule has 0 unspecified atom stereocenters. The van der Waals surface area contributed by atoms with E-state index in [1.807, 2.05) is 30.3 Å². The monoisotopic (exact) mass is 328 g/mol. The fourth-order valence-electron chi connectivity index (χ4n) is 2.25. The lowest BCUT2D eigenvalue weighted by atomic mass is 10.3. The molecule has 0 saturated carbocycles. The zero-order valence-corrected chi connectivity index (χ0v) is 13.3. The van der Waals surface area contributed by atoms with Crippen LogP contribution in [-0.2, 0) is 10.0 Å². The molecule has 0 saturated heterocycles. The summed E-state index contributed by atoms with van der Waals surface area (Å²) in [5.74, 6) is 0.671. The quantitative estimate of drug-likeness (QED) is 0.721. The SMILES string of the molecule is C[C@H](Oc1ccccc1)c1ccnn1S(=O)(=O)c1ccccc1. The highest BCUT2D eigenvalue weighted by molar-refractivity contribution is 7.89. The molecule has 1 aromatic heterocycles. The smallest absolute Gasteiger partial charge is 0.283 e. The second-order valence-corrected chi connectivity index (χ2v) is 6.76. The van der Waals surface area contributed by atoms with Gasteiger partial charge in [-0.3, -0.25) is 0 Å². The van der Waals surface area contributed by atoms with Gasteiger partial charge in [-0.25, -0.2) is 0 Å². The minimum atomic E-state index is -3.74. The van der Waals surface area contributed by atoms with E-state index in [0.29, 0.717) is 11.4 Å². The molecule has 0 aliphatic rings. The van der Waals surface area contributed by atoms with Gasteiger partial charge >= 0.3 is 0 Å². The summed E-state index contributed by atoms with van der Waals surface area (Å²) in [5, 5.41) is 3.98. The fraction of sp³-hybridized carbons (Fsp3) is 0.118. The van der Waals surface area contributed by atoms with Crippen LogP contribution in [0.25, 0.3) is 0 Å². The van der Waals surface area contributed by atoms with Crippen LogP contribution in [0.2, 0.25) is 0 Å². The van der Waals surface area contributed by atoms with E-state index in [1.54, 1.807) is 43.3 Å². The Hall–Kier alpha value is -2.60. The molecule has 118 valence electrons. The minimum absolute atomic E-state index is 0.192. The van der Waals surface area contributed by atoms with Gasteiger partial charge in [0, 0.05) is 0 Å². The summed E-state index contributed by atoms with van der Waals surface area (Å²) in [6.45, 7) is 1.79. The van der Waals surface area contributed by atoms with Gasteiger partial charge in [0.25, 0.3) is 10.0 Å². The highest BCUT2D eigenvalue weighted by Crippen LogP contribution is 2.24. The van der Waals surface area contributed by atoms with Crippen molar-refractivity contribution in [2.24, 2.45) is 0 Å². The maximum Gasteiger partial charge on any atom is 0.283 e. The molecule has 23 heavy (non-hydrogen) atoms. The van der Waals surface area contributed by atoms with Crippen LogP contribution >= 0.6 is 0 Å². The third kappa shape index (κ3) is 3.12. The van der Waals surface area contributed by atoms with Gasteiger partial charge in [0.2, 0.25) is 0 Å². The molecule has 1 heterocycles. The first-order valence-electron chi connectivity index (χ1n) is 7.15. The first-order valence-corrected chi connectivity index (χ1v) is 8.59. The molecule has 0 bridgehead atoms. The summed E-state index contributed by atoms with van der Waals surface area (Å²) >= 11 is 0. The maximum absolute atomic E-state index is 12.7. The van der Waals surface area contributed by atoms with Gasteiger partial charge in [0.15, 0.2) is 0 Å². The van der Waals surface area contributed by atoms with E-state index in [4.69, 9.17) is 4.74 Å². The number of hydrogen-bond acceptors (Lipinski definition) is 4. The summed E-state index contributed by atoms with van der Waals surface area (Å²) in [4.78, 5) is 0.192. The summed E-state index contributed by atoms with van der Waals surface area (Å²) in [7, 11) is -3.74. The Morgan fingerprint density at radius 3 is 2.22 bits per heavy atom. The second-order valence-electron chi connectivity index (χ2n) is 4.99. The van der Waals surface area contributed by atoms with Crippen LogP contribution in [0.5, 0.6) is 5.75 Å². The number of benzene rings is 2. The molecule has 1 atom stereocenters. The molecule has 2 aromatic carbocycles. The number of para-hydroxylation sites is 1. The lowest BCUT2D eigenvalue weighted by molar-refractivity contribution is 0.220. The fourth-order valence-corrected chi connectivity index (χ4v) is 3.61. The third-order valence-electron chi connectivity index (χ3n) is 3.38. The van der Waals surface area contributed by atoms with Crippen molar-refractivity contribution in [3.05, 3.63) is 78.6 Å². The molecule has 0 aliphatic heterocycles. The van der Waals surface area contributed by atoms with Crippen LogP contribution < -0.4 is 4.74 Å². The zero-order chi connectivity index (χ0) is 16.3. The van der Waals surface area contributed by atoms with Crippen LogP contribution in [0.4, 0.5) is 0 Å². The maximum atomic E-state index is 12.7. The van der Waals surface area contributed by atoms with E-state index < -0.39 is 16.1 Å². The standard InChI is InChI=1S/C17H16N2O3S/c1-14(22-15-8-4-2-5-9-15)17-12-13-18-19(17)23(20,21)16-10-6-3-7-11-16/h2-14H,1H3/t14-/m0/s1. The second kappa shape index (κ2) is 6.26. The van der Waals surface area contributed by atoms with Crippen molar-refractivity contribution in [1.29, 1.82) is 0 Å². The predicted molar refractivity (Wildman–Crippen MR) is 86.7 cm³/mol. The molecule has 3 rings (SSSR count). The lowest BCUT2D eigenvalue weighted by Gasteiger charge is -2.16. The Balaban J connectivity index is 1.94. The third-order valence-corrected chi connectivity index (χ3v) is 5.01. The molecule has 0 amide bonds. The number of aromatic nitrogens is 2. The first-order chi connectivity index (χ1) is 11.1. The first kappa shape index (κ1) is 15.3. The van der Waals surface area contributed by atoms with Crippen LogP contribution in [0.15, 0.2) is 77.8 Å². The van der Waals surface area contributed by atoms with Crippen LogP contribution in [-0.4, -0.2) is 17.6 Å². The Labute approximate surface area is 135 Å². The molecule has 3 aromatic rings. The molecule has 0 radical (unpaired) electrons. The highest BCUT2D eigenvalue weighted by atomic mass is 32.2. The Morgan fingerprint density at radius 1 is 0.957 bits per heavy atom. The Bertz CT molecular complexity index is 874. The predicted octanol–water partition coefficient (Wildman–Crippen LogP) is 3.26. The number of hydrogen-bond donors (Lipinski definition) is 0. The van der Waals surface area contributed by atoms with Gasteiger partial charge in [-0.15, -0.1) is 0 Å². The highest BCUT2D eigenvalue weighted by Gasteiger charge is 2.24. The van der Waals surface area contributed by atoms with Crippen molar-refractivity contribution in [2.45, 2.75) is 17.9 Å². The normalized spacial score (nSPS) is 12.7. The van der Waals surface area contributed by atoms with Crippen molar-refractivity contribution in [3.8, 4) is 5.75 Å². The van der Waals surface area contributed by atoms with Gasteiger partial charge < -0.3 is 4.74 Å². The van der Waals surface area contributed by atoms with Crippen LogP contribution in [0, 0.1) is 0 Å². The van der Waals surface area contributed by atoms with E-state index in [1.165, 1.54) is 6.20 Å². The minimum Gasteiger partial charge on any atom is -0.484 e. The molecule has 6 heteroatoms. The average Bonchev–Trinajstić information content (AvgIpc) is 3.07. The molecular formula is C17H16N2O3S. The lowest BCUT2D eigenvalue weighted by Crippen LogP contribution is -2.20. The van der Waals surface area contributed by atoms with Crippen molar-refractivity contribution >= 4 is 10.0 Å². The van der Waals surface area contributed by atoms with Gasteiger partial charge in [-0.05, 0) is 37.3 Å². The van der Waals surface area contributed by atoms with Gasteiger partial charge in [0.05, 0.1) is 16.8 Å². The number of ether oxygens (including phenoxy) is 1. The van der Waals surface area contributed by atoms with Gasteiger partial charge in [-0.1, -0.05) is 36.4 Å². The van der Waals surface area contributed by atoms with Crippen LogP contribution in [0.3, 0.4) is 0 Å². The summed E-state index contributed by atoms with van der Waals surface area (Å²) < 4.78 is 32.3. The molecule has 0 N–H and O–H groups in total. The summed E-state index contributed by atoms with van der Waals surface area (Å²) in [5.41, 5.74) is 0.470. The van der Waals surface area contributed by atoms with E-state index >= 15 is 0 Å². The van der Waals surface area contributed by atoms with E-state index in [2.05, 4.69) is 5.10 Å². The molecule has 5 nitrogen and oxygen atoms in total. The summed E-state index contributed by atoms with van der Waals surface area (Å²) in [6, 6.07) is 19.1. The largest absolute Gasteiger partial charge is 0.484 e. The van der Waals surface area contributed by atoms with Crippen molar-refractivity contribution in [3.63, 3.8) is 0 Å². The number of rotatable bonds is 5. The van der Waals surface area contributed by atoms with Crippen molar-refractivity contribution in [2.75, 3.05) is 0 Å². The number of nitrogens with zero attached hydrogens (tertiary/aromatic N) is 2. The molecule has 0 aliphatic carbocycles. The molecule has 0 fully saturated rings. The van der Waals surface area contributed by atoms with E-state index in [0.717, 1.165) is 4.09 Å². The van der Waals surface area contributed by atoms with E-state index in [-0.39, 0.29) is 4.90 Å². The van der Waals surface area contributed by atoms with Crippen LogP contribution in [0.1, 0.15) is 18.7 Å². The molecular weight excluding hydrogens is 312 g/mol. The topological polar surface area (TPSA) is 61.2 Å². The molecule has 0 spiro atoms. The van der Waals surface area contributed by atoms with Crippen molar-refractivity contribution < 1.29 is 13.2 Å². The Kier molecular flexibility index (Phi) is 4.16. The average molecular weight is 328 g/mol. The van der Waals surface area contributed by atoms with E-state index in [9.17, 15) is 8.42 Å². The summed E-state index contributed by atoms with van der Waals surface area (Å²) in [6.07, 6.45) is 0.999. The Morgan fingerprint density at radius 2 is 1.57 bits per heavy atom. The van der Waals surface area contributed by atoms with Gasteiger partial charge in [0.1, 0.15) is 11.9 Å². The van der Waals surface area contributed by atoms with Gasteiger partial charge in [-0.2, -0.15) is 17.6 Å².